The average molecular weight is 185 g/mol. The standard InChI is InChI=1S/C7H11N3O3/c1-4-8-6(13-10-4)9-7(2,3)5(11)12/h1-3H3,(H,11,12)(H,8,9,10). The lowest BCUT2D eigenvalue weighted by molar-refractivity contribution is -0.141. The molecule has 0 aliphatic rings. The van der Waals surface area contributed by atoms with Crippen molar-refractivity contribution in [3.8, 4) is 0 Å². The molecular weight excluding hydrogens is 174 g/mol. The van der Waals surface area contributed by atoms with Crippen LogP contribution in [0.25, 0.3) is 0 Å². The summed E-state index contributed by atoms with van der Waals surface area (Å²) in [6.07, 6.45) is 0. The first-order valence-corrected chi connectivity index (χ1v) is 3.74. The minimum atomic E-state index is -1.11. The molecule has 0 amide bonds. The Labute approximate surface area is 74.9 Å². The fourth-order valence-electron chi connectivity index (χ4n) is 0.669. The predicted octanol–water partition coefficient (Wildman–Crippen LogP) is 0.653. The Morgan fingerprint density at radius 3 is 2.62 bits per heavy atom. The molecule has 0 aromatic carbocycles. The number of nitrogens with one attached hydrogen (secondary N) is 1. The second-order valence-corrected chi connectivity index (χ2v) is 3.20. The molecule has 0 aliphatic heterocycles. The number of carboxylic acid groups (broad SMARTS) is 1. The van der Waals surface area contributed by atoms with Crippen LogP contribution in [0, 0.1) is 6.92 Å². The third kappa shape index (κ3) is 2.17. The number of aromatic nitrogens is 2. The molecule has 0 fully saturated rings. The number of rotatable bonds is 3. The van der Waals surface area contributed by atoms with Crippen LogP contribution in [0.4, 0.5) is 6.01 Å². The lowest BCUT2D eigenvalue weighted by Gasteiger charge is -2.18. The summed E-state index contributed by atoms with van der Waals surface area (Å²) in [5, 5.41) is 14.9. The third-order valence-corrected chi connectivity index (χ3v) is 1.48. The number of carbonyl (C=O) groups is 1. The van der Waals surface area contributed by atoms with Crippen LogP contribution in [-0.2, 0) is 4.79 Å². The lowest BCUT2D eigenvalue weighted by atomic mass is 10.1. The van der Waals surface area contributed by atoms with Gasteiger partial charge in [-0.3, -0.25) is 0 Å². The fourth-order valence-corrected chi connectivity index (χ4v) is 0.669. The summed E-state index contributed by atoms with van der Waals surface area (Å²) in [4.78, 5) is 14.5. The highest BCUT2D eigenvalue weighted by Crippen LogP contribution is 2.12. The second-order valence-electron chi connectivity index (χ2n) is 3.20. The van der Waals surface area contributed by atoms with E-state index in [1.165, 1.54) is 13.8 Å². The minimum Gasteiger partial charge on any atom is -0.480 e. The van der Waals surface area contributed by atoms with Gasteiger partial charge in [0.2, 0.25) is 0 Å². The van der Waals surface area contributed by atoms with Crippen LogP contribution in [0.2, 0.25) is 0 Å². The fraction of sp³-hybridized carbons (Fsp3) is 0.571. The van der Waals surface area contributed by atoms with Crippen molar-refractivity contribution in [2.45, 2.75) is 26.3 Å². The van der Waals surface area contributed by atoms with Gasteiger partial charge in [0.1, 0.15) is 5.54 Å². The summed E-state index contributed by atoms with van der Waals surface area (Å²) in [6.45, 7) is 4.67. The van der Waals surface area contributed by atoms with E-state index in [1.807, 2.05) is 0 Å². The molecule has 0 unspecified atom stereocenters. The van der Waals surface area contributed by atoms with Gasteiger partial charge in [0, 0.05) is 0 Å². The van der Waals surface area contributed by atoms with E-state index >= 15 is 0 Å². The first kappa shape index (κ1) is 9.50. The molecule has 0 radical (unpaired) electrons. The number of hydrogen-bond donors (Lipinski definition) is 2. The Morgan fingerprint density at radius 2 is 2.23 bits per heavy atom. The van der Waals surface area contributed by atoms with Crippen molar-refractivity contribution < 1.29 is 14.4 Å². The molecule has 1 aromatic rings. The first-order chi connectivity index (χ1) is 5.92. The van der Waals surface area contributed by atoms with E-state index in [4.69, 9.17) is 9.63 Å². The van der Waals surface area contributed by atoms with Gasteiger partial charge in [0.15, 0.2) is 5.82 Å². The number of nitrogens with zero attached hydrogens (tertiary/aromatic N) is 2. The lowest BCUT2D eigenvalue weighted by Crippen LogP contribution is -2.40. The zero-order chi connectivity index (χ0) is 10.1. The van der Waals surface area contributed by atoms with Crippen LogP contribution in [0.5, 0.6) is 0 Å². The molecular formula is C7H11N3O3. The van der Waals surface area contributed by atoms with E-state index in [2.05, 4.69) is 15.5 Å². The van der Waals surface area contributed by atoms with Crippen LogP contribution < -0.4 is 5.32 Å². The van der Waals surface area contributed by atoms with Crippen molar-refractivity contribution in [1.29, 1.82) is 0 Å². The number of hydrogen-bond acceptors (Lipinski definition) is 5. The van der Waals surface area contributed by atoms with Gasteiger partial charge in [0.05, 0.1) is 0 Å². The smallest absolute Gasteiger partial charge is 0.328 e. The molecule has 13 heavy (non-hydrogen) atoms. The second kappa shape index (κ2) is 3.04. The normalized spacial score (nSPS) is 11.3. The Morgan fingerprint density at radius 1 is 1.62 bits per heavy atom. The van der Waals surface area contributed by atoms with Gasteiger partial charge in [-0.15, -0.1) is 0 Å². The summed E-state index contributed by atoms with van der Waals surface area (Å²) >= 11 is 0. The third-order valence-electron chi connectivity index (χ3n) is 1.48. The molecule has 1 aromatic heterocycles. The number of anilines is 1. The van der Waals surface area contributed by atoms with Crippen molar-refractivity contribution in [1.82, 2.24) is 10.1 Å². The van der Waals surface area contributed by atoms with Crippen LogP contribution in [-0.4, -0.2) is 26.8 Å². The Kier molecular flexibility index (Phi) is 2.22. The molecule has 0 atom stereocenters. The maximum atomic E-state index is 10.7. The van der Waals surface area contributed by atoms with E-state index < -0.39 is 11.5 Å². The molecule has 0 aliphatic carbocycles. The summed E-state index contributed by atoms with van der Waals surface area (Å²) in [6, 6.07) is 0.116. The summed E-state index contributed by atoms with van der Waals surface area (Å²) in [5.41, 5.74) is -1.11. The van der Waals surface area contributed by atoms with Gasteiger partial charge in [-0.05, 0) is 20.8 Å². The van der Waals surface area contributed by atoms with Crippen LogP contribution in [0.15, 0.2) is 4.52 Å². The zero-order valence-corrected chi connectivity index (χ0v) is 7.66. The van der Waals surface area contributed by atoms with Crippen LogP contribution in [0.1, 0.15) is 19.7 Å². The molecule has 0 saturated carbocycles. The van der Waals surface area contributed by atoms with E-state index in [9.17, 15) is 4.79 Å². The monoisotopic (exact) mass is 185 g/mol. The van der Waals surface area contributed by atoms with E-state index in [0.29, 0.717) is 5.82 Å². The molecule has 72 valence electrons. The van der Waals surface area contributed by atoms with Crippen molar-refractivity contribution in [2.24, 2.45) is 0 Å². The van der Waals surface area contributed by atoms with Gasteiger partial charge < -0.3 is 14.9 Å². The van der Waals surface area contributed by atoms with Gasteiger partial charge in [0.25, 0.3) is 0 Å². The van der Waals surface area contributed by atoms with Crippen molar-refractivity contribution in [2.75, 3.05) is 5.32 Å². The predicted molar refractivity (Wildman–Crippen MR) is 44.4 cm³/mol. The van der Waals surface area contributed by atoms with Gasteiger partial charge in [-0.2, -0.15) is 4.98 Å². The Hall–Kier alpha value is -1.59. The van der Waals surface area contributed by atoms with E-state index in [1.54, 1.807) is 6.92 Å². The summed E-state index contributed by atoms with van der Waals surface area (Å²) in [5.74, 6) is -0.521. The van der Waals surface area contributed by atoms with E-state index in [-0.39, 0.29) is 6.01 Å². The van der Waals surface area contributed by atoms with Crippen LogP contribution >= 0.6 is 0 Å². The molecule has 0 spiro atoms. The van der Waals surface area contributed by atoms with Gasteiger partial charge in [-0.25, -0.2) is 4.79 Å². The first-order valence-electron chi connectivity index (χ1n) is 3.74. The molecule has 0 bridgehead atoms. The highest BCUT2D eigenvalue weighted by Gasteiger charge is 2.28. The van der Waals surface area contributed by atoms with E-state index in [0.717, 1.165) is 0 Å². The van der Waals surface area contributed by atoms with Crippen molar-refractivity contribution in [3.63, 3.8) is 0 Å². The maximum absolute atomic E-state index is 10.7. The maximum Gasteiger partial charge on any atom is 0.328 e. The van der Waals surface area contributed by atoms with Crippen LogP contribution in [0.3, 0.4) is 0 Å². The van der Waals surface area contributed by atoms with Gasteiger partial charge in [-0.1, -0.05) is 5.16 Å². The van der Waals surface area contributed by atoms with Crippen molar-refractivity contribution >= 4 is 12.0 Å². The van der Waals surface area contributed by atoms with Gasteiger partial charge >= 0.3 is 12.0 Å². The topological polar surface area (TPSA) is 88.2 Å². The SMILES string of the molecule is Cc1noc(NC(C)(C)C(=O)O)n1. The molecule has 6 heteroatoms. The molecule has 1 rings (SSSR count). The van der Waals surface area contributed by atoms with Crippen molar-refractivity contribution in [3.05, 3.63) is 5.82 Å². The molecule has 1 heterocycles. The Bertz CT molecular complexity index is 319. The zero-order valence-electron chi connectivity index (χ0n) is 7.66. The number of carboxylic acids is 1. The molecule has 0 saturated heterocycles. The quantitative estimate of drug-likeness (QED) is 0.718. The average Bonchev–Trinajstić information content (AvgIpc) is 2.34. The number of aryl methyl sites for hydroxylation is 1. The largest absolute Gasteiger partial charge is 0.480 e. The highest BCUT2D eigenvalue weighted by atomic mass is 16.5. The molecule has 2 N–H and O–H groups in total. The number of aliphatic carboxylic acids is 1. The Balaban J connectivity index is 2.74. The summed E-state index contributed by atoms with van der Waals surface area (Å²) < 4.78 is 4.71. The highest BCUT2D eigenvalue weighted by molar-refractivity contribution is 5.80. The summed E-state index contributed by atoms with van der Waals surface area (Å²) in [7, 11) is 0. The minimum absolute atomic E-state index is 0.116. The molecule has 6 nitrogen and oxygen atoms in total.